The zero-order chi connectivity index (χ0) is 17.1. The Bertz CT molecular complexity index is 584. The summed E-state index contributed by atoms with van der Waals surface area (Å²) in [7, 11) is 0. The van der Waals surface area contributed by atoms with Crippen LogP contribution in [0.2, 0.25) is 0 Å². The number of aliphatic hydroxyl groups is 1. The minimum atomic E-state index is -0.0994. The van der Waals surface area contributed by atoms with E-state index in [-0.39, 0.29) is 18.7 Å². The first-order chi connectivity index (χ1) is 11.6. The van der Waals surface area contributed by atoms with E-state index >= 15 is 0 Å². The molecular weight excluding hydrogens is 302 g/mol. The number of hydrogen-bond donors (Lipinski definition) is 2. The first-order valence-corrected chi connectivity index (χ1v) is 9.14. The van der Waals surface area contributed by atoms with E-state index in [1.807, 2.05) is 13.0 Å². The second-order valence-electron chi connectivity index (χ2n) is 7.19. The molecule has 5 nitrogen and oxygen atoms in total. The Kier molecular flexibility index (Phi) is 5.29. The Balaban J connectivity index is 1.69. The van der Waals surface area contributed by atoms with Crippen LogP contribution in [-0.4, -0.2) is 48.3 Å². The molecule has 2 amide bonds. The van der Waals surface area contributed by atoms with Gasteiger partial charge in [-0.2, -0.15) is 0 Å². The lowest BCUT2D eigenvalue weighted by atomic mass is 9.91. The van der Waals surface area contributed by atoms with Crippen LogP contribution in [0.25, 0.3) is 0 Å². The molecule has 2 N–H and O–H groups in total. The molecule has 0 aromatic heterocycles. The Morgan fingerprint density at radius 1 is 1.25 bits per heavy atom. The molecule has 2 aliphatic heterocycles. The largest absolute Gasteiger partial charge is 0.394 e. The summed E-state index contributed by atoms with van der Waals surface area (Å²) in [6.45, 7) is 7.13. The number of piperidine rings is 1. The summed E-state index contributed by atoms with van der Waals surface area (Å²) in [6.07, 6.45) is 4.58. The second kappa shape index (κ2) is 7.43. The van der Waals surface area contributed by atoms with Gasteiger partial charge in [0.25, 0.3) is 0 Å². The van der Waals surface area contributed by atoms with Gasteiger partial charge in [0, 0.05) is 31.0 Å². The van der Waals surface area contributed by atoms with Gasteiger partial charge in [-0.05, 0) is 62.3 Å². The molecular formula is C19H29N3O2. The maximum atomic E-state index is 12.7. The number of carbonyl (C=O) groups is 1. The molecule has 3 rings (SSSR count). The molecule has 24 heavy (non-hydrogen) atoms. The third-order valence-electron chi connectivity index (χ3n) is 5.49. The van der Waals surface area contributed by atoms with Crippen molar-refractivity contribution in [2.75, 3.05) is 36.5 Å². The first kappa shape index (κ1) is 17.1. The Morgan fingerprint density at radius 2 is 2.00 bits per heavy atom. The highest BCUT2D eigenvalue weighted by atomic mass is 16.3. The number of rotatable bonds is 3. The number of amides is 2. The van der Waals surface area contributed by atoms with Crippen molar-refractivity contribution in [3.05, 3.63) is 23.8 Å². The lowest BCUT2D eigenvalue weighted by Crippen LogP contribution is -2.51. The predicted molar refractivity (Wildman–Crippen MR) is 97.6 cm³/mol. The van der Waals surface area contributed by atoms with Crippen molar-refractivity contribution in [3.63, 3.8) is 0 Å². The van der Waals surface area contributed by atoms with E-state index in [0.717, 1.165) is 37.2 Å². The minimum Gasteiger partial charge on any atom is -0.394 e. The third-order valence-corrected chi connectivity index (χ3v) is 5.49. The van der Waals surface area contributed by atoms with Crippen LogP contribution in [0, 0.1) is 12.8 Å². The van der Waals surface area contributed by atoms with Crippen LogP contribution in [0.1, 0.15) is 38.2 Å². The fourth-order valence-electron chi connectivity index (χ4n) is 3.93. The van der Waals surface area contributed by atoms with Gasteiger partial charge in [-0.25, -0.2) is 4.79 Å². The highest BCUT2D eigenvalue weighted by molar-refractivity contribution is 5.90. The van der Waals surface area contributed by atoms with E-state index in [2.05, 4.69) is 29.3 Å². The van der Waals surface area contributed by atoms with Gasteiger partial charge in [-0.15, -0.1) is 0 Å². The number of carbonyl (C=O) groups excluding carboxylic acids is 1. The van der Waals surface area contributed by atoms with Gasteiger partial charge in [-0.3, -0.25) is 0 Å². The minimum absolute atomic E-state index is 0.0292. The van der Waals surface area contributed by atoms with Gasteiger partial charge in [-0.1, -0.05) is 6.92 Å². The quantitative estimate of drug-likeness (QED) is 0.894. The summed E-state index contributed by atoms with van der Waals surface area (Å²) in [5, 5.41) is 12.7. The molecule has 5 heteroatoms. The molecule has 2 atom stereocenters. The molecule has 1 aromatic carbocycles. The highest BCUT2D eigenvalue weighted by Gasteiger charge is 2.31. The number of urea groups is 1. The van der Waals surface area contributed by atoms with E-state index in [4.69, 9.17) is 0 Å². The van der Waals surface area contributed by atoms with Crippen LogP contribution in [0.4, 0.5) is 16.2 Å². The normalized spacial score (nSPS) is 24.3. The average Bonchev–Trinajstić information content (AvgIpc) is 3.11. The molecule has 2 saturated heterocycles. The van der Waals surface area contributed by atoms with Gasteiger partial charge in [0.15, 0.2) is 0 Å². The zero-order valence-corrected chi connectivity index (χ0v) is 14.8. The van der Waals surface area contributed by atoms with Crippen molar-refractivity contribution in [1.82, 2.24) is 4.90 Å². The molecule has 0 bridgehead atoms. The molecule has 2 heterocycles. The third kappa shape index (κ3) is 3.51. The maximum absolute atomic E-state index is 12.7. The van der Waals surface area contributed by atoms with Crippen LogP contribution < -0.4 is 10.2 Å². The first-order valence-electron chi connectivity index (χ1n) is 9.14. The molecule has 0 aliphatic carbocycles. The van der Waals surface area contributed by atoms with Crippen LogP contribution in [0.3, 0.4) is 0 Å². The smallest absolute Gasteiger partial charge is 0.322 e. The van der Waals surface area contributed by atoms with Crippen LogP contribution in [0.5, 0.6) is 0 Å². The van der Waals surface area contributed by atoms with Crippen LogP contribution in [0.15, 0.2) is 18.2 Å². The van der Waals surface area contributed by atoms with Crippen LogP contribution in [-0.2, 0) is 0 Å². The van der Waals surface area contributed by atoms with Gasteiger partial charge in [0.05, 0.1) is 12.6 Å². The monoisotopic (exact) mass is 331 g/mol. The number of aryl methyl sites for hydroxylation is 1. The number of nitrogens with one attached hydrogen (secondary N) is 1. The van der Waals surface area contributed by atoms with Gasteiger partial charge >= 0.3 is 6.03 Å². The van der Waals surface area contributed by atoms with E-state index in [1.54, 1.807) is 4.90 Å². The molecule has 0 radical (unpaired) electrons. The Morgan fingerprint density at radius 3 is 2.67 bits per heavy atom. The van der Waals surface area contributed by atoms with Gasteiger partial charge in [0.2, 0.25) is 0 Å². The van der Waals surface area contributed by atoms with Gasteiger partial charge < -0.3 is 20.2 Å². The summed E-state index contributed by atoms with van der Waals surface area (Å²) in [5.74, 6) is 0.341. The van der Waals surface area contributed by atoms with Crippen molar-refractivity contribution in [2.45, 2.75) is 45.6 Å². The summed E-state index contributed by atoms with van der Waals surface area (Å²) >= 11 is 0. The van der Waals surface area contributed by atoms with E-state index in [0.29, 0.717) is 12.5 Å². The number of hydrogen-bond acceptors (Lipinski definition) is 3. The summed E-state index contributed by atoms with van der Waals surface area (Å²) in [4.78, 5) is 16.9. The molecule has 2 aliphatic rings. The van der Waals surface area contributed by atoms with E-state index in [9.17, 15) is 9.90 Å². The van der Waals surface area contributed by atoms with Gasteiger partial charge in [0.1, 0.15) is 0 Å². The summed E-state index contributed by atoms with van der Waals surface area (Å²) < 4.78 is 0. The fourth-order valence-corrected chi connectivity index (χ4v) is 3.93. The molecule has 0 saturated carbocycles. The van der Waals surface area contributed by atoms with Crippen molar-refractivity contribution >= 4 is 17.4 Å². The van der Waals surface area contributed by atoms with E-state index in [1.165, 1.54) is 18.5 Å². The number of benzene rings is 1. The Hall–Kier alpha value is -1.75. The summed E-state index contributed by atoms with van der Waals surface area (Å²) in [6, 6.07) is 6.07. The molecule has 2 fully saturated rings. The Labute approximate surface area is 144 Å². The molecule has 0 spiro atoms. The fraction of sp³-hybridized carbons (Fsp3) is 0.632. The van der Waals surface area contributed by atoms with Crippen molar-refractivity contribution < 1.29 is 9.90 Å². The highest BCUT2D eigenvalue weighted by Crippen LogP contribution is 2.27. The number of aliphatic hydroxyl groups excluding tert-OH is 1. The lowest BCUT2D eigenvalue weighted by Gasteiger charge is -2.39. The molecule has 132 valence electrons. The maximum Gasteiger partial charge on any atom is 0.322 e. The number of likely N-dealkylation sites (tertiary alicyclic amines) is 1. The standard InChI is InChI=1S/C19H29N3O2/c1-14-6-5-11-22(18(14)13-23)19(24)20-17-8-7-16(12-15(17)2)21-9-3-4-10-21/h7-8,12,14,18,23H,3-6,9-11,13H2,1-2H3,(H,20,24). The summed E-state index contributed by atoms with van der Waals surface area (Å²) in [5.41, 5.74) is 3.18. The average molecular weight is 331 g/mol. The number of nitrogens with zero attached hydrogens (tertiary/aromatic N) is 2. The second-order valence-corrected chi connectivity index (χ2v) is 7.19. The zero-order valence-electron chi connectivity index (χ0n) is 14.8. The molecule has 1 aromatic rings. The van der Waals surface area contributed by atoms with E-state index < -0.39 is 0 Å². The molecule has 2 unspecified atom stereocenters. The van der Waals surface area contributed by atoms with Crippen molar-refractivity contribution in [3.8, 4) is 0 Å². The number of anilines is 2. The topological polar surface area (TPSA) is 55.8 Å². The van der Waals surface area contributed by atoms with Crippen molar-refractivity contribution in [2.24, 2.45) is 5.92 Å². The lowest BCUT2D eigenvalue weighted by molar-refractivity contribution is 0.0811. The SMILES string of the molecule is Cc1cc(N2CCCC2)ccc1NC(=O)N1CCCC(C)C1CO. The van der Waals surface area contributed by atoms with Crippen molar-refractivity contribution in [1.29, 1.82) is 0 Å². The van der Waals surface area contributed by atoms with Crippen LogP contribution >= 0.6 is 0 Å². The predicted octanol–water partition coefficient (Wildman–Crippen LogP) is 3.22.